The maximum absolute atomic E-state index is 12.0. The topological polar surface area (TPSA) is 64.6 Å². The van der Waals surface area contributed by atoms with Gasteiger partial charge in [0.15, 0.2) is 0 Å². The van der Waals surface area contributed by atoms with Crippen molar-refractivity contribution < 1.29 is 19.1 Å². The molecule has 1 aromatic carbocycles. The minimum atomic E-state index is -0.479. The summed E-state index contributed by atoms with van der Waals surface area (Å²) in [5.74, 6) is -0.206. The summed E-state index contributed by atoms with van der Waals surface area (Å²) in [6.45, 7) is 0.308. The number of hydrogen-bond donors (Lipinski definition) is 1. The molecular formula is C15H14BrNO4S. The first kappa shape index (κ1) is 16.5. The molecule has 0 fully saturated rings. The molecule has 0 spiro atoms. The first-order valence-corrected chi connectivity index (χ1v) is 7.95. The van der Waals surface area contributed by atoms with Gasteiger partial charge in [-0.25, -0.2) is 4.79 Å². The summed E-state index contributed by atoms with van der Waals surface area (Å²) in [5, 5.41) is 2.81. The fraction of sp³-hybridized carbons (Fsp3) is 0.200. The summed E-state index contributed by atoms with van der Waals surface area (Å²) in [6.07, 6.45) is 0. The summed E-state index contributed by atoms with van der Waals surface area (Å²) in [4.78, 5) is 24.3. The van der Waals surface area contributed by atoms with E-state index in [0.717, 1.165) is 9.35 Å². The Morgan fingerprint density at radius 2 is 2.00 bits per heavy atom. The molecule has 1 amide bonds. The smallest absolute Gasteiger partial charge is 0.341 e. The predicted molar refractivity (Wildman–Crippen MR) is 87.5 cm³/mol. The van der Waals surface area contributed by atoms with E-state index < -0.39 is 5.97 Å². The van der Waals surface area contributed by atoms with Crippen LogP contribution in [0.1, 0.15) is 25.6 Å². The van der Waals surface area contributed by atoms with Crippen molar-refractivity contribution in [1.82, 2.24) is 5.32 Å². The van der Waals surface area contributed by atoms with Gasteiger partial charge in [0.1, 0.15) is 11.3 Å². The Kier molecular flexibility index (Phi) is 5.57. The maximum Gasteiger partial charge on any atom is 0.341 e. The second-order valence-electron chi connectivity index (χ2n) is 4.31. The molecule has 1 aromatic heterocycles. The number of carbonyl (C=O) groups excluding carboxylic acids is 2. The standard InChI is InChI=1S/C15H14BrNO4S/c1-20-11-4-3-9(7-10(11)15(19)21-2)8-17-14(18)12-5-6-13(16)22-12/h3-7H,8H2,1-2H3,(H,17,18). The number of nitrogens with one attached hydrogen (secondary N) is 1. The van der Waals surface area contributed by atoms with E-state index in [0.29, 0.717) is 22.7 Å². The van der Waals surface area contributed by atoms with Gasteiger partial charge in [0.25, 0.3) is 5.91 Å². The van der Waals surface area contributed by atoms with Crippen LogP contribution in [-0.2, 0) is 11.3 Å². The molecule has 0 radical (unpaired) electrons. The molecule has 0 aliphatic heterocycles. The summed E-state index contributed by atoms with van der Waals surface area (Å²) >= 11 is 4.68. The van der Waals surface area contributed by atoms with Crippen LogP contribution in [0.25, 0.3) is 0 Å². The summed E-state index contributed by atoms with van der Waals surface area (Å²) < 4.78 is 10.7. The van der Waals surface area contributed by atoms with Crippen LogP contribution in [0.2, 0.25) is 0 Å². The first-order valence-electron chi connectivity index (χ1n) is 6.34. The second-order valence-corrected chi connectivity index (χ2v) is 6.78. The lowest BCUT2D eigenvalue weighted by Gasteiger charge is -2.10. The molecule has 0 atom stereocenters. The average Bonchev–Trinajstić information content (AvgIpc) is 2.98. The molecule has 0 saturated heterocycles. The Morgan fingerprint density at radius 3 is 2.59 bits per heavy atom. The average molecular weight is 384 g/mol. The summed E-state index contributed by atoms with van der Waals surface area (Å²) in [5.41, 5.74) is 1.11. The third-order valence-corrected chi connectivity index (χ3v) is 4.54. The van der Waals surface area contributed by atoms with Crippen molar-refractivity contribution in [3.63, 3.8) is 0 Å². The van der Waals surface area contributed by atoms with Gasteiger partial charge in [-0.15, -0.1) is 11.3 Å². The molecule has 0 unspecified atom stereocenters. The highest BCUT2D eigenvalue weighted by Crippen LogP contribution is 2.23. The van der Waals surface area contributed by atoms with Crippen LogP contribution in [0.3, 0.4) is 0 Å². The summed E-state index contributed by atoms with van der Waals surface area (Å²) in [7, 11) is 2.79. The zero-order valence-corrected chi connectivity index (χ0v) is 14.4. The molecule has 116 valence electrons. The van der Waals surface area contributed by atoms with E-state index in [4.69, 9.17) is 9.47 Å². The fourth-order valence-corrected chi connectivity index (χ4v) is 3.14. The number of hydrogen-bond acceptors (Lipinski definition) is 5. The molecule has 1 heterocycles. The molecule has 2 aromatic rings. The number of ether oxygens (including phenoxy) is 2. The number of thiophene rings is 1. The lowest BCUT2D eigenvalue weighted by atomic mass is 10.1. The van der Waals surface area contributed by atoms with Crippen molar-refractivity contribution in [1.29, 1.82) is 0 Å². The lowest BCUT2D eigenvalue weighted by Crippen LogP contribution is -2.22. The van der Waals surface area contributed by atoms with Gasteiger partial charge in [0, 0.05) is 6.54 Å². The molecule has 2 rings (SSSR count). The van der Waals surface area contributed by atoms with Crippen molar-refractivity contribution in [2.24, 2.45) is 0 Å². The molecule has 7 heteroatoms. The van der Waals surface area contributed by atoms with Gasteiger partial charge in [-0.3, -0.25) is 4.79 Å². The summed E-state index contributed by atoms with van der Waals surface area (Å²) in [6, 6.07) is 8.68. The molecule has 0 aliphatic rings. The van der Waals surface area contributed by atoms with Gasteiger partial charge >= 0.3 is 5.97 Å². The van der Waals surface area contributed by atoms with Gasteiger partial charge in [0.2, 0.25) is 0 Å². The number of rotatable bonds is 5. The van der Waals surface area contributed by atoms with E-state index in [1.54, 1.807) is 24.3 Å². The minimum absolute atomic E-state index is 0.161. The van der Waals surface area contributed by atoms with Crippen LogP contribution in [0.5, 0.6) is 5.75 Å². The highest BCUT2D eigenvalue weighted by molar-refractivity contribution is 9.11. The van der Waals surface area contributed by atoms with Gasteiger partial charge in [-0.2, -0.15) is 0 Å². The number of methoxy groups -OCH3 is 2. The first-order chi connectivity index (χ1) is 10.5. The number of halogens is 1. The monoisotopic (exact) mass is 383 g/mol. The van der Waals surface area contributed by atoms with Gasteiger partial charge in [-0.1, -0.05) is 6.07 Å². The van der Waals surface area contributed by atoms with Crippen LogP contribution in [0.4, 0.5) is 0 Å². The number of esters is 1. The van der Waals surface area contributed by atoms with E-state index in [9.17, 15) is 9.59 Å². The fourth-order valence-electron chi connectivity index (χ4n) is 1.84. The SMILES string of the molecule is COC(=O)c1cc(CNC(=O)c2ccc(Br)s2)ccc1OC. The van der Waals surface area contributed by atoms with Crippen molar-refractivity contribution in [2.45, 2.75) is 6.54 Å². The van der Waals surface area contributed by atoms with Crippen LogP contribution >= 0.6 is 27.3 Å². The molecule has 22 heavy (non-hydrogen) atoms. The normalized spacial score (nSPS) is 10.1. The molecular weight excluding hydrogens is 370 g/mol. The van der Waals surface area contributed by atoms with Crippen molar-refractivity contribution >= 4 is 39.1 Å². The third-order valence-electron chi connectivity index (χ3n) is 2.92. The molecule has 0 bridgehead atoms. The Morgan fingerprint density at radius 1 is 1.23 bits per heavy atom. The van der Waals surface area contributed by atoms with Crippen molar-refractivity contribution in [3.05, 3.63) is 50.1 Å². The minimum Gasteiger partial charge on any atom is -0.496 e. The van der Waals surface area contributed by atoms with Crippen molar-refractivity contribution in [3.8, 4) is 5.75 Å². The second kappa shape index (κ2) is 7.42. The van der Waals surface area contributed by atoms with Gasteiger partial charge < -0.3 is 14.8 Å². The zero-order chi connectivity index (χ0) is 16.1. The molecule has 0 aliphatic carbocycles. The highest BCUT2D eigenvalue weighted by Gasteiger charge is 2.14. The zero-order valence-electron chi connectivity index (χ0n) is 12.0. The largest absolute Gasteiger partial charge is 0.496 e. The van der Waals surface area contributed by atoms with Gasteiger partial charge in [-0.05, 0) is 45.8 Å². The van der Waals surface area contributed by atoms with Crippen molar-refractivity contribution in [2.75, 3.05) is 14.2 Å². The maximum atomic E-state index is 12.0. The molecule has 5 nitrogen and oxygen atoms in total. The third kappa shape index (κ3) is 3.86. The van der Waals surface area contributed by atoms with E-state index >= 15 is 0 Å². The van der Waals surface area contributed by atoms with Crippen LogP contribution in [0, 0.1) is 0 Å². The Bertz CT molecular complexity index is 699. The Labute approximate surface area is 140 Å². The number of carbonyl (C=O) groups is 2. The quantitative estimate of drug-likeness (QED) is 0.804. The van der Waals surface area contributed by atoms with E-state index in [2.05, 4.69) is 21.2 Å². The Balaban J connectivity index is 2.10. The lowest BCUT2D eigenvalue weighted by molar-refractivity contribution is 0.0597. The molecule has 0 saturated carbocycles. The number of benzene rings is 1. The van der Waals surface area contributed by atoms with Gasteiger partial charge in [0.05, 0.1) is 22.9 Å². The predicted octanol–water partition coefficient (Wildman–Crippen LogP) is 3.24. The van der Waals surface area contributed by atoms with Crippen LogP contribution < -0.4 is 10.1 Å². The van der Waals surface area contributed by atoms with E-state index in [-0.39, 0.29) is 5.91 Å². The Hall–Kier alpha value is -1.86. The molecule has 1 N–H and O–H groups in total. The van der Waals surface area contributed by atoms with Crippen LogP contribution in [-0.4, -0.2) is 26.1 Å². The van der Waals surface area contributed by atoms with E-state index in [1.165, 1.54) is 25.6 Å². The number of amides is 1. The van der Waals surface area contributed by atoms with Crippen LogP contribution in [0.15, 0.2) is 34.1 Å². The highest BCUT2D eigenvalue weighted by atomic mass is 79.9. The van der Waals surface area contributed by atoms with E-state index in [1.807, 2.05) is 6.07 Å².